The Morgan fingerprint density at radius 1 is 1.33 bits per heavy atom. The average molecular weight is 272 g/mol. The molecule has 0 aliphatic heterocycles. The lowest BCUT2D eigenvalue weighted by molar-refractivity contribution is 0.412. The molecule has 1 aromatic rings. The molecule has 0 saturated heterocycles. The van der Waals surface area contributed by atoms with Gasteiger partial charge in [0.1, 0.15) is 33.9 Å². The molecule has 7 heteroatoms. The van der Waals surface area contributed by atoms with Crippen molar-refractivity contribution in [2.45, 2.75) is 6.92 Å². The number of benzene rings is 1. The van der Waals surface area contributed by atoms with E-state index in [1.807, 2.05) is 0 Å². The van der Waals surface area contributed by atoms with Gasteiger partial charge in [0.25, 0.3) is 0 Å². The predicted molar refractivity (Wildman–Crippen MR) is 63.5 cm³/mol. The number of rotatable bonds is 2. The molecule has 0 unspecified atom stereocenters. The van der Waals surface area contributed by atoms with E-state index < -0.39 is 28.9 Å². The molecular formula is C11H7F3N2OS. The first-order valence-corrected chi connectivity index (χ1v) is 5.03. The Balaban J connectivity index is 3.11. The third-order valence-electron chi connectivity index (χ3n) is 1.95. The predicted octanol–water partition coefficient (Wildman–Crippen LogP) is 3.20. The molecule has 2 N–H and O–H groups in total. The van der Waals surface area contributed by atoms with E-state index in [9.17, 15) is 13.2 Å². The number of hydrogen-bond acceptors (Lipinski definition) is 3. The van der Waals surface area contributed by atoms with Crippen LogP contribution in [-0.4, -0.2) is 10.1 Å². The largest absolute Gasteiger partial charge is 0.511 e. The Kier molecular flexibility index (Phi) is 4.28. The zero-order valence-corrected chi connectivity index (χ0v) is 9.91. The molecule has 0 atom stereocenters. The van der Waals surface area contributed by atoms with Crippen LogP contribution in [0.2, 0.25) is 0 Å². The fraction of sp³-hybridized carbons (Fsp3) is 0.0909. The number of aliphatic hydroxyl groups is 1. The van der Waals surface area contributed by atoms with E-state index in [1.165, 1.54) is 6.92 Å². The number of nitrogens with zero attached hydrogens (tertiary/aromatic N) is 1. The lowest BCUT2D eigenvalue weighted by Crippen LogP contribution is -2.15. The van der Waals surface area contributed by atoms with E-state index in [4.69, 9.17) is 22.6 Å². The summed E-state index contributed by atoms with van der Waals surface area (Å²) >= 11 is 4.71. The van der Waals surface area contributed by atoms with E-state index in [0.717, 1.165) is 0 Å². The molecule has 0 saturated carbocycles. The van der Waals surface area contributed by atoms with Gasteiger partial charge in [-0.15, -0.1) is 0 Å². The van der Waals surface area contributed by atoms with Gasteiger partial charge >= 0.3 is 0 Å². The van der Waals surface area contributed by atoms with Crippen molar-refractivity contribution < 1.29 is 18.3 Å². The number of aliphatic hydroxyl groups excluding tert-OH is 1. The Hall–Kier alpha value is -2.07. The number of nitrogens with one attached hydrogen (secondary N) is 1. The summed E-state index contributed by atoms with van der Waals surface area (Å²) < 4.78 is 39.2. The summed E-state index contributed by atoms with van der Waals surface area (Å²) in [4.78, 5) is -0.359. The highest BCUT2D eigenvalue weighted by atomic mass is 32.1. The smallest absolute Gasteiger partial charge is 0.152 e. The molecule has 0 heterocycles. The standard InChI is InChI=1S/C11H7F3N2OS/c1-5(17)7(4-15)11(18)16-10-8(13)2-6(12)3-9(10)14/h2-3,17H,1H3,(H,16,18)/b7-5-. The summed E-state index contributed by atoms with van der Waals surface area (Å²) in [5, 5.41) is 19.9. The number of anilines is 1. The summed E-state index contributed by atoms with van der Waals surface area (Å²) in [7, 11) is 0. The van der Waals surface area contributed by atoms with Gasteiger partial charge in [0.15, 0.2) is 11.6 Å². The van der Waals surface area contributed by atoms with Crippen molar-refractivity contribution in [2.75, 3.05) is 5.32 Å². The van der Waals surface area contributed by atoms with Crippen LogP contribution in [0.25, 0.3) is 0 Å². The zero-order chi connectivity index (χ0) is 13.9. The van der Waals surface area contributed by atoms with Crippen molar-refractivity contribution in [3.05, 3.63) is 40.9 Å². The Labute approximate surface area is 106 Å². The van der Waals surface area contributed by atoms with Gasteiger partial charge in [0, 0.05) is 12.1 Å². The number of thiocarbonyl (C=S) groups is 1. The summed E-state index contributed by atoms with van der Waals surface area (Å²) in [6, 6.07) is 2.51. The topological polar surface area (TPSA) is 56.0 Å². The van der Waals surface area contributed by atoms with Gasteiger partial charge in [-0.2, -0.15) is 5.26 Å². The molecule has 1 aromatic carbocycles. The summed E-state index contributed by atoms with van der Waals surface area (Å²) in [6.07, 6.45) is 0. The minimum Gasteiger partial charge on any atom is -0.511 e. The maximum absolute atomic E-state index is 13.3. The van der Waals surface area contributed by atoms with Crippen LogP contribution in [0.4, 0.5) is 18.9 Å². The number of hydrogen-bond donors (Lipinski definition) is 2. The molecule has 3 nitrogen and oxygen atoms in total. The van der Waals surface area contributed by atoms with Gasteiger partial charge in [-0.05, 0) is 6.92 Å². The Morgan fingerprint density at radius 3 is 2.22 bits per heavy atom. The normalized spacial score (nSPS) is 11.5. The maximum Gasteiger partial charge on any atom is 0.152 e. The van der Waals surface area contributed by atoms with Crippen LogP contribution in [-0.2, 0) is 0 Å². The molecule has 0 aliphatic carbocycles. The van der Waals surface area contributed by atoms with Gasteiger partial charge in [0.05, 0.1) is 0 Å². The van der Waals surface area contributed by atoms with E-state index in [1.54, 1.807) is 6.07 Å². The monoisotopic (exact) mass is 272 g/mol. The lowest BCUT2D eigenvalue weighted by atomic mass is 10.2. The van der Waals surface area contributed by atoms with Gasteiger partial charge in [-0.25, -0.2) is 13.2 Å². The molecule has 0 spiro atoms. The number of halogens is 3. The molecule has 0 aromatic heterocycles. The molecule has 0 fully saturated rings. The van der Waals surface area contributed by atoms with Crippen molar-refractivity contribution >= 4 is 22.9 Å². The van der Waals surface area contributed by atoms with Gasteiger partial charge in [0.2, 0.25) is 0 Å². The highest BCUT2D eigenvalue weighted by Gasteiger charge is 2.15. The fourth-order valence-corrected chi connectivity index (χ4v) is 1.43. The first kappa shape index (κ1) is 14.0. The third kappa shape index (κ3) is 2.99. The second-order valence-electron chi connectivity index (χ2n) is 3.27. The Morgan fingerprint density at radius 2 is 1.83 bits per heavy atom. The average Bonchev–Trinajstić information content (AvgIpc) is 2.23. The summed E-state index contributed by atoms with van der Waals surface area (Å²) in [5.74, 6) is -3.85. The van der Waals surface area contributed by atoms with E-state index in [-0.39, 0.29) is 10.6 Å². The van der Waals surface area contributed by atoms with Crippen LogP contribution in [0, 0.1) is 28.8 Å². The summed E-state index contributed by atoms with van der Waals surface area (Å²) in [5.41, 5.74) is -1.01. The van der Waals surface area contributed by atoms with Crippen LogP contribution in [0.5, 0.6) is 0 Å². The van der Waals surface area contributed by atoms with Crippen LogP contribution < -0.4 is 5.32 Å². The molecule has 94 valence electrons. The third-order valence-corrected chi connectivity index (χ3v) is 2.25. The Bertz CT molecular complexity index is 551. The number of allylic oxidation sites excluding steroid dienone is 1. The molecule has 18 heavy (non-hydrogen) atoms. The van der Waals surface area contributed by atoms with Crippen molar-refractivity contribution in [3.63, 3.8) is 0 Å². The quantitative estimate of drug-likeness (QED) is 0.376. The first-order chi connectivity index (χ1) is 8.36. The molecule has 1 rings (SSSR count). The van der Waals surface area contributed by atoms with Gasteiger partial charge in [-0.3, -0.25) is 0 Å². The second-order valence-corrected chi connectivity index (χ2v) is 3.68. The lowest BCUT2D eigenvalue weighted by Gasteiger charge is -2.09. The SMILES string of the molecule is C/C(O)=C(\C#N)C(=S)Nc1c(F)cc(F)cc1F. The highest BCUT2D eigenvalue weighted by molar-refractivity contribution is 7.81. The van der Waals surface area contributed by atoms with Gasteiger partial charge in [-0.1, -0.05) is 12.2 Å². The zero-order valence-electron chi connectivity index (χ0n) is 9.09. The van der Waals surface area contributed by atoms with E-state index >= 15 is 0 Å². The van der Waals surface area contributed by atoms with Crippen molar-refractivity contribution in [2.24, 2.45) is 0 Å². The highest BCUT2D eigenvalue weighted by Crippen LogP contribution is 2.21. The van der Waals surface area contributed by atoms with Gasteiger partial charge < -0.3 is 10.4 Å². The molecule has 0 bridgehead atoms. The second kappa shape index (κ2) is 5.51. The van der Waals surface area contributed by atoms with Crippen molar-refractivity contribution in [3.8, 4) is 6.07 Å². The minimum atomic E-state index is -1.19. The molecule has 0 radical (unpaired) electrons. The maximum atomic E-state index is 13.3. The van der Waals surface area contributed by atoms with Crippen molar-refractivity contribution in [1.29, 1.82) is 5.26 Å². The van der Waals surface area contributed by atoms with Crippen LogP contribution in [0.3, 0.4) is 0 Å². The minimum absolute atomic E-state index is 0.326. The summed E-state index contributed by atoms with van der Waals surface area (Å²) in [6.45, 7) is 1.20. The van der Waals surface area contributed by atoms with Crippen molar-refractivity contribution in [1.82, 2.24) is 0 Å². The van der Waals surface area contributed by atoms with E-state index in [0.29, 0.717) is 12.1 Å². The fourth-order valence-electron chi connectivity index (χ4n) is 1.13. The number of nitriles is 1. The first-order valence-electron chi connectivity index (χ1n) is 4.62. The van der Waals surface area contributed by atoms with E-state index in [2.05, 4.69) is 5.32 Å². The van der Waals surface area contributed by atoms with Crippen LogP contribution in [0.15, 0.2) is 23.5 Å². The van der Waals surface area contributed by atoms with Crippen LogP contribution >= 0.6 is 12.2 Å². The van der Waals surface area contributed by atoms with Crippen LogP contribution in [0.1, 0.15) is 6.92 Å². The molecule has 0 aliphatic rings. The molecule has 0 amide bonds. The molecular weight excluding hydrogens is 265 g/mol.